The number of benzene rings is 4. The van der Waals surface area contributed by atoms with Crippen molar-refractivity contribution in [2.24, 2.45) is 0 Å². The lowest BCUT2D eigenvalue weighted by Crippen LogP contribution is -1.95. The molecular formula is C24H24P2. The average Bonchev–Trinajstić information content (AvgIpc) is 2.69. The molecule has 0 bridgehead atoms. The second kappa shape index (κ2) is 7.87. The number of hydrogen-bond acceptors (Lipinski definition) is 0. The Labute approximate surface area is 159 Å². The monoisotopic (exact) mass is 374 g/mol. The quantitative estimate of drug-likeness (QED) is 0.322. The van der Waals surface area contributed by atoms with E-state index in [1.165, 1.54) is 43.8 Å². The lowest BCUT2D eigenvalue weighted by atomic mass is 9.88. The summed E-state index contributed by atoms with van der Waals surface area (Å²) in [7, 11) is 1.85. The van der Waals surface area contributed by atoms with Crippen LogP contribution in [0.5, 0.6) is 0 Å². The largest absolute Gasteiger partial charge is 0.121 e. The second-order valence-corrected chi connectivity index (χ2v) is 8.82. The molecule has 0 saturated carbocycles. The molecule has 4 aromatic carbocycles. The molecule has 0 aliphatic heterocycles. The first-order chi connectivity index (χ1) is 12.8. The maximum absolute atomic E-state index is 2.36. The maximum atomic E-state index is 2.36. The van der Waals surface area contributed by atoms with Gasteiger partial charge in [0.25, 0.3) is 0 Å². The van der Waals surface area contributed by atoms with Crippen molar-refractivity contribution in [3.63, 3.8) is 0 Å². The normalized spacial score (nSPS) is 12.2. The molecule has 2 atom stereocenters. The van der Waals surface area contributed by atoms with Crippen molar-refractivity contribution in [3.05, 3.63) is 83.9 Å². The second-order valence-electron chi connectivity index (χ2n) is 6.70. The molecule has 0 heterocycles. The number of hydrogen-bond donors (Lipinski definition) is 0. The summed E-state index contributed by atoms with van der Waals surface area (Å²) in [6.45, 7) is 4.60. The van der Waals surface area contributed by atoms with E-state index in [0.29, 0.717) is 0 Å². The van der Waals surface area contributed by atoms with E-state index in [1.54, 1.807) is 0 Å². The highest BCUT2D eigenvalue weighted by Crippen LogP contribution is 2.41. The molecule has 0 nitrogen and oxygen atoms in total. The smallest absolute Gasteiger partial charge is 0.00607 e. The van der Waals surface area contributed by atoms with Gasteiger partial charge in [0.1, 0.15) is 0 Å². The summed E-state index contributed by atoms with van der Waals surface area (Å²) in [4.78, 5) is 0. The molecule has 0 saturated heterocycles. The van der Waals surface area contributed by atoms with Gasteiger partial charge in [0.15, 0.2) is 0 Å². The molecule has 0 fully saturated rings. The van der Waals surface area contributed by atoms with Crippen LogP contribution in [-0.4, -0.2) is 13.3 Å². The van der Waals surface area contributed by atoms with Crippen LogP contribution in [0.1, 0.15) is 11.1 Å². The Bertz CT molecular complexity index is 979. The molecule has 26 heavy (non-hydrogen) atoms. The highest BCUT2D eigenvalue weighted by molar-refractivity contribution is 7.36. The Morgan fingerprint density at radius 3 is 1.38 bits per heavy atom. The van der Waals surface area contributed by atoms with Gasteiger partial charge in [-0.05, 0) is 69.5 Å². The van der Waals surface area contributed by atoms with Crippen LogP contribution in [0.2, 0.25) is 0 Å². The van der Waals surface area contributed by atoms with Gasteiger partial charge in [-0.3, -0.25) is 0 Å². The van der Waals surface area contributed by atoms with Crippen LogP contribution in [0.15, 0.2) is 72.8 Å². The Hall–Kier alpha value is -1.74. The SMILES string of the molecule is CPCc1ccc2ccccc2c1-c1c(CPC)ccc2ccccc12. The van der Waals surface area contributed by atoms with Crippen molar-refractivity contribution in [1.82, 2.24) is 0 Å². The molecule has 2 heteroatoms. The van der Waals surface area contributed by atoms with Gasteiger partial charge in [0, 0.05) is 0 Å². The highest BCUT2D eigenvalue weighted by Gasteiger charge is 2.16. The van der Waals surface area contributed by atoms with Crippen LogP contribution in [0.4, 0.5) is 0 Å². The molecule has 4 aromatic rings. The van der Waals surface area contributed by atoms with Crippen LogP contribution < -0.4 is 0 Å². The number of fused-ring (bicyclic) bond motifs is 2. The molecule has 0 aliphatic carbocycles. The van der Waals surface area contributed by atoms with Gasteiger partial charge >= 0.3 is 0 Å². The summed E-state index contributed by atoms with van der Waals surface area (Å²) in [6, 6.07) is 27.0. The highest BCUT2D eigenvalue weighted by atomic mass is 31.1. The standard InChI is InChI=1S/C24H24P2/c1-25-15-19-13-11-17-7-3-5-9-21(17)23(19)24-20(16-26-2)14-12-18-8-4-6-10-22(18)24/h3-14,25-26H,15-16H2,1-2H3. The fraction of sp³-hybridized carbons (Fsp3) is 0.167. The van der Waals surface area contributed by atoms with E-state index < -0.39 is 0 Å². The van der Waals surface area contributed by atoms with Crippen molar-refractivity contribution >= 4 is 38.7 Å². The first-order valence-corrected chi connectivity index (χ1v) is 12.6. The van der Waals surface area contributed by atoms with Crippen LogP contribution in [0.3, 0.4) is 0 Å². The number of rotatable bonds is 5. The zero-order valence-corrected chi connectivity index (χ0v) is 17.3. The van der Waals surface area contributed by atoms with Gasteiger partial charge in [-0.2, -0.15) is 0 Å². The zero-order valence-electron chi connectivity index (χ0n) is 15.3. The van der Waals surface area contributed by atoms with Gasteiger partial charge in [-0.25, -0.2) is 0 Å². The van der Waals surface area contributed by atoms with Gasteiger partial charge in [0.2, 0.25) is 0 Å². The Morgan fingerprint density at radius 2 is 0.962 bits per heavy atom. The van der Waals surface area contributed by atoms with E-state index in [4.69, 9.17) is 0 Å². The molecule has 0 spiro atoms. The molecular weight excluding hydrogens is 350 g/mol. The molecule has 0 amide bonds. The van der Waals surface area contributed by atoms with E-state index in [-0.39, 0.29) is 0 Å². The molecule has 0 aliphatic rings. The summed E-state index contributed by atoms with van der Waals surface area (Å²) in [6.07, 6.45) is 2.30. The minimum atomic E-state index is 0.924. The van der Waals surface area contributed by atoms with Crippen molar-refractivity contribution < 1.29 is 0 Å². The van der Waals surface area contributed by atoms with Crippen molar-refractivity contribution in [3.8, 4) is 11.1 Å². The van der Waals surface area contributed by atoms with E-state index in [0.717, 1.165) is 29.5 Å². The van der Waals surface area contributed by atoms with Gasteiger partial charge in [0.05, 0.1) is 0 Å². The van der Waals surface area contributed by atoms with E-state index >= 15 is 0 Å². The first kappa shape index (κ1) is 17.7. The van der Waals surface area contributed by atoms with Gasteiger partial charge < -0.3 is 0 Å². The lowest BCUT2D eigenvalue weighted by molar-refractivity contribution is 1.38. The summed E-state index contributed by atoms with van der Waals surface area (Å²) in [5.74, 6) is 0. The molecule has 4 rings (SSSR count). The lowest BCUT2D eigenvalue weighted by Gasteiger charge is -2.19. The van der Waals surface area contributed by atoms with Crippen molar-refractivity contribution in [1.29, 1.82) is 0 Å². The topological polar surface area (TPSA) is 0 Å². The maximum Gasteiger partial charge on any atom is -0.00607 e. The van der Waals surface area contributed by atoms with Crippen LogP contribution in [0, 0.1) is 0 Å². The Morgan fingerprint density at radius 1 is 0.538 bits per heavy atom. The van der Waals surface area contributed by atoms with Crippen molar-refractivity contribution in [2.75, 3.05) is 13.3 Å². The van der Waals surface area contributed by atoms with E-state index in [2.05, 4.69) is 86.1 Å². The predicted molar refractivity (Wildman–Crippen MR) is 123 cm³/mol. The zero-order chi connectivity index (χ0) is 17.9. The first-order valence-electron chi connectivity index (χ1n) is 9.14. The fourth-order valence-corrected chi connectivity index (χ4v) is 5.25. The van der Waals surface area contributed by atoms with Crippen molar-refractivity contribution in [2.45, 2.75) is 12.3 Å². The van der Waals surface area contributed by atoms with Gasteiger partial charge in [-0.1, -0.05) is 72.8 Å². The molecule has 130 valence electrons. The summed E-state index contributed by atoms with van der Waals surface area (Å²) in [5, 5.41) is 5.45. The van der Waals surface area contributed by atoms with Crippen LogP contribution in [-0.2, 0) is 12.3 Å². The van der Waals surface area contributed by atoms with Crippen LogP contribution in [0.25, 0.3) is 32.7 Å². The third kappa shape index (κ3) is 3.18. The molecule has 0 radical (unpaired) electrons. The molecule has 2 unspecified atom stereocenters. The minimum absolute atomic E-state index is 0.924. The van der Waals surface area contributed by atoms with E-state index in [9.17, 15) is 0 Å². The minimum Gasteiger partial charge on any atom is -0.121 e. The van der Waals surface area contributed by atoms with Crippen LogP contribution >= 0.6 is 17.2 Å². The third-order valence-corrected chi connectivity index (χ3v) is 6.48. The summed E-state index contributed by atoms with van der Waals surface area (Å²) >= 11 is 0. The third-order valence-electron chi connectivity index (χ3n) is 5.02. The molecule has 0 aromatic heterocycles. The summed E-state index contributed by atoms with van der Waals surface area (Å²) < 4.78 is 0. The Kier molecular flexibility index (Phi) is 5.35. The Balaban J connectivity index is 2.15. The fourth-order valence-electron chi connectivity index (χ4n) is 3.90. The average molecular weight is 374 g/mol. The molecule has 0 N–H and O–H groups in total. The van der Waals surface area contributed by atoms with E-state index in [1.807, 2.05) is 0 Å². The van der Waals surface area contributed by atoms with Gasteiger partial charge in [-0.15, -0.1) is 17.2 Å². The predicted octanol–water partition coefficient (Wildman–Crippen LogP) is 7.28. The summed E-state index contributed by atoms with van der Waals surface area (Å²) in [5.41, 5.74) is 5.90.